The highest BCUT2D eigenvalue weighted by Gasteiger charge is 2.25. The molecule has 0 unspecified atom stereocenters. The van der Waals surface area contributed by atoms with Crippen LogP contribution in [-0.4, -0.2) is 32.3 Å². The molecule has 1 aromatic rings. The van der Waals surface area contributed by atoms with Gasteiger partial charge in [-0.25, -0.2) is 0 Å². The van der Waals surface area contributed by atoms with Crippen LogP contribution in [-0.2, 0) is 4.79 Å². The molecule has 1 amide bonds. The van der Waals surface area contributed by atoms with Crippen LogP contribution in [0.1, 0.15) is 23.2 Å². The van der Waals surface area contributed by atoms with Crippen molar-refractivity contribution in [2.24, 2.45) is 5.92 Å². The largest absolute Gasteiger partial charge is 0.370 e. The predicted octanol–water partition coefficient (Wildman–Crippen LogP) is 2.11. The minimum Gasteiger partial charge on any atom is -0.370 e. The van der Waals surface area contributed by atoms with Gasteiger partial charge in [0.25, 0.3) is 0 Å². The number of rotatable bonds is 3. The molecule has 1 aliphatic rings. The van der Waals surface area contributed by atoms with Crippen LogP contribution in [0.15, 0.2) is 18.2 Å². The van der Waals surface area contributed by atoms with E-state index in [0.717, 1.165) is 37.9 Å². The first-order valence-electron chi connectivity index (χ1n) is 6.37. The van der Waals surface area contributed by atoms with E-state index in [2.05, 4.69) is 10.2 Å². The Labute approximate surface area is 117 Å². The molecule has 0 aliphatic carbocycles. The fraction of sp³-hybridized carbons (Fsp3) is 0.429. The van der Waals surface area contributed by atoms with E-state index < -0.39 is 0 Å². The van der Waals surface area contributed by atoms with Gasteiger partial charge in [0.1, 0.15) is 6.29 Å². The van der Waals surface area contributed by atoms with Crippen LogP contribution in [0.3, 0.4) is 0 Å². The molecule has 1 N–H and O–H groups in total. The van der Waals surface area contributed by atoms with Gasteiger partial charge in [0, 0.05) is 31.6 Å². The van der Waals surface area contributed by atoms with E-state index in [9.17, 15) is 9.59 Å². The van der Waals surface area contributed by atoms with E-state index in [1.165, 1.54) is 0 Å². The van der Waals surface area contributed by atoms with Gasteiger partial charge in [-0.3, -0.25) is 9.59 Å². The molecule has 19 heavy (non-hydrogen) atoms. The van der Waals surface area contributed by atoms with Crippen molar-refractivity contribution in [2.75, 3.05) is 25.0 Å². The van der Waals surface area contributed by atoms with Gasteiger partial charge < -0.3 is 10.2 Å². The maximum absolute atomic E-state index is 11.6. The number of halogens is 1. The summed E-state index contributed by atoms with van der Waals surface area (Å²) < 4.78 is 0. The number of benzene rings is 1. The van der Waals surface area contributed by atoms with Crippen LogP contribution >= 0.6 is 11.6 Å². The molecule has 5 heteroatoms. The molecule has 1 heterocycles. The average Bonchev–Trinajstić information content (AvgIpc) is 2.46. The number of piperidine rings is 1. The van der Waals surface area contributed by atoms with Gasteiger partial charge in [-0.2, -0.15) is 0 Å². The first-order valence-corrected chi connectivity index (χ1v) is 6.74. The van der Waals surface area contributed by atoms with Crippen molar-refractivity contribution < 1.29 is 9.59 Å². The van der Waals surface area contributed by atoms with Crippen molar-refractivity contribution in [3.05, 3.63) is 28.8 Å². The summed E-state index contributed by atoms with van der Waals surface area (Å²) in [6.45, 7) is 1.61. The second-order valence-electron chi connectivity index (χ2n) is 4.70. The maximum atomic E-state index is 11.6. The molecular formula is C14H17ClN2O2. The first-order chi connectivity index (χ1) is 9.15. The monoisotopic (exact) mass is 280 g/mol. The number of nitrogens with zero attached hydrogens (tertiary/aromatic N) is 1. The summed E-state index contributed by atoms with van der Waals surface area (Å²) in [5.74, 6) is 0.205. The third-order valence-corrected chi connectivity index (χ3v) is 3.86. The van der Waals surface area contributed by atoms with Crippen molar-refractivity contribution in [1.82, 2.24) is 5.32 Å². The van der Waals surface area contributed by atoms with Gasteiger partial charge in [-0.05, 0) is 31.0 Å². The molecule has 0 bridgehead atoms. The Hall–Kier alpha value is -1.55. The highest BCUT2D eigenvalue weighted by Crippen LogP contribution is 2.30. The molecule has 0 atom stereocenters. The molecule has 4 nitrogen and oxygen atoms in total. The molecule has 1 aliphatic heterocycles. The Morgan fingerprint density at radius 1 is 1.42 bits per heavy atom. The van der Waals surface area contributed by atoms with E-state index in [1.54, 1.807) is 19.2 Å². The number of carbonyl (C=O) groups excluding carboxylic acids is 2. The van der Waals surface area contributed by atoms with Gasteiger partial charge in [-0.1, -0.05) is 11.6 Å². The Bertz CT molecular complexity index is 482. The number of aldehydes is 1. The van der Waals surface area contributed by atoms with E-state index in [1.807, 2.05) is 6.07 Å². The Morgan fingerprint density at radius 3 is 2.63 bits per heavy atom. The lowest BCUT2D eigenvalue weighted by molar-refractivity contribution is -0.125. The molecule has 102 valence electrons. The van der Waals surface area contributed by atoms with Gasteiger partial charge >= 0.3 is 0 Å². The van der Waals surface area contributed by atoms with Crippen molar-refractivity contribution >= 4 is 29.5 Å². The molecule has 1 saturated heterocycles. The first kappa shape index (κ1) is 13.9. The lowest BCUT2D eigenvalue weighted by atomic mass is 9.95. The molecule has 0 radical (unpaired) electrons. The van der Waals surface area contributed by atoms with E-state index >= 15 is 0 Å². The third-order valence-electron chi connectivity index (χ3n) is 3.56. The van der Waals surface area contributed by atoms with Gasteiger partial charge in [-0.15, -0.1) is 0 Å². The zero-order valence-corrected chi connectivity index (χ0v) is 11.6. The van der Waals surface area contributed by atoms with Crippen LogP contribution in [0.2, 0.25) is 5.02 Å². The second kappa shape index (κ2) is 6.06. The Balaban J connectivity index is 2.05. The van der Waals surface area contributed by atoms with Crippen LogP contribution in [0.5, 0.6) is 0 Å². The number of amides is 1. The van der Waals surface area contributed by atoms with E-state index in [0.29, 0.717) is 10.6 Å². The zero-order chi connectivity index (χ0) is 13.8. The maximum Gasteiger partial charge on any atom is 0.222 e. The summed E-state index contributed by atoms with van der Waals surface area (Å²) in [7, 11) is 1.67. The molecule has 0 aromatic heterocycles. The molecule has 1 aromatic carbocycles. The molecule has 1 fully saturated rings. The standard InChI is InChI=1S/C14H17ClN2O2/c1-16-14(19)11-4-6-17(7-5-11)13-3-2-10(9-18)8-12(13)15/h2-3,8-9,11H,4-7H2,1H3,(H,16,19). The minimum atomic E-state index is 0.0919. The summed E-state index contributed by atoms with van der Waals surface area (Å²) in [5, 5.41) is 3.28. The third kappa shape index (κ3) is 3.07. The Morgan fingerprint density at radius 2 is 2.11 bits per heavy atom. The van der Waals surface area contributed by atoms with Crippen molar-refractivity contribution in [3.63, 3.8) is 0 Å². The minimum absolute atomic E-state index is 0.0919. The predicted molar refractivity (Wildman–Crippen MR) is 75.8 cm³/mol. The SMILES string of the molecule is CNC(=O)C1CCN(c2ccc(C=O)cc2Cl)CC1. The molecule has 2 rings (SSSR count). The Kier molecular flexibility index (Phi) is 4.43. The molecular weight excluding hydrogens is 264 g/mol. The zero-order valence-electron chi connectivity index (χ0n) is 10.9. The smallest absolute Gasteiger partial charge is 0.222 e. The number of nitrogens with one attached hydrogen (secondary N) is 1. The number of hydrogen-bond donors (Lipinski definition) is 1. The number of hydrogen-bond acceptors (Lipinski definition) is 3. The average molecular weight is 281 g/mol. The fourth-order valence-corrected chi connectivity index (χ4v) is 2.75. The van der Waals surface area contributed by atoms with Crippen molar-refractivity contribution in [1.29, 1.82) is 0 Å². The summed E-state index contributed by atoms with van der Waals surface area (Å²) >= 11 is 6.19. The van der Waals surface area contributed by atoms with Crippen LogP contribution < -0.4 is 10.2 Å². The highest BCUT2D eigenvalue weighted by atomic mass is 35.5. The van der Waals surface area contributed by atoms with E-state index in [4.69, 9.17) is 11.6 Å². The van der Waals surface area contributed by atoms with Gasteiger partial charge in [0.15, 0.2) is 0 Å². The normalized spacial score (nSPS) is 16.2. The van der Waals surface area contributed by atoms with Crippen LogP contribution in [0.25, 0.3) is 0 Å². The summed E-state index contributed by atoms with van der Waals surface area (Å²) in [6, 6.07) is 5.31. The van der Waals surface area contributed by atoms with E-state index in [-0.39, 0.29) is 11.8 Å². The molecule has 0 saturated carbocycles. The summed E-state index contributed by atoms with van der Waals surface area (Å²) in [6.07, 6.45) is 2.43. The van der Waals surface area contributed by atoms with Crippen LogP contribution in [0.4, 0.5) is 5.69 Å². The topological polar surface area (TPSA) is 49.4 Å². The summed E-state index contributed by atoms with van der Waals surface area (Å²) in [4.78, 5) is 24.4. The van der Waals surface area contributed by atoms with Crippen molar-refractivity contribution in [2.45, 2.75) is 12.8 Å². The van der Waals surface area contributed by atoms with Crippen molar-refractivity contribution in [3.8, 4) is 0 Å². The number of anilines is 1. The van der Waals surface area contributed by atoms with Crippen LogP contribution in [0, 0.1) is 5.92 Å². The summed E-state index contributed by atoms with van der Waals surface area (Å²) in [5.41, 5.74) is 1.51. The fourth-order valence-electron chi connectivity index (χ4n) is 2.44. The molecule has 0 spiro atoms. The number of carbonyl (C=O) groups is 2. The lowest BCUT2D eigenvalue weighted by Crippen LogP contribution is -2.39. The quantitative estimate of drug-likeness (QED) is 0.863. The lowest BCUT2D eigenvalue weighted by Gasteiger charge is -2.33. The highest BCUT2D eigenvalue weighted by molar-refractivity contribution is 6.33. The second-order valence-corrected chi connectivity index (χ2v) is 5.11. The van der Waals surface area contributed by atoms with Gasteiger partial charge in [0.05, 0.1) is 10.7 Å². The van der Waals surface area contributed by atoms with Gasteiger partial charge in [0.2, 0.25) is 5.91 Å².